The number of thioether (sulfide) groups is 1. The summed E-state index contributed by atoms with van der Waals surface area (Å²) in [7, 11) is 0. The van der Waals surface area contributed by atoms with Gasteiger partial charge in [0, 0.05) is 11.4 Å². The van der Waals surface area contributed by atoms with Gasteiger partial charge in [-0.1, -0.05) is 98.4 Å². The molecule has 2 heterocycles. The number of ether oxygens (including phenoxy) is 2. The van der Waals surface area contributed by atoms with Crippen LogP contribution in [0.15, 0.2) is 101 Å². The average molecular weight is 555 g/mol. The lowest BCUT2D eigenvalue weighted by molar-refractivity contribution is -0.140. The van der Waals surface area contributed by atoms with Gasteiger partial charge in [-0.3, -0.25) is 0 Å². The zero-order valence-electron chi connectivity index (χ0n) is 23.0. The van der Waals surface area contributed by atoms with Crippen molar-refractivity contribution in [2.45, 2.75) is 50.8 Å². The molecule has 4 aromatic rings. The lowest BCUT2D eigenvalue weighted by Crippen LogP contribution is -2.29. The number of nitrogens with zero attached hydrogens (tertiary/aromatic N) is 3. The Morgan fingerprint density at radius 3 is 2.33 bits per heavy atom. The first-order chi connectivity index (χ1) is 19.5. The van der Waals surface area contributed by atoms with E-state index in [-0.39, 0.29) is 6.61 Å². The first-order valence-corrected chi connectivity index (χ1v) is 14.5. The molecule has 7 nitrogen and oxygen atoms in total. The third-order valence-corrected chi connectivity index (χ3v) is 7.55. The van der Waals surface area contributed by atoms with Gasteiger partial charge >= 0.3 is 5.97 Å². The van der Waals surface area contributed by atoms with E-state index in [1.165, 1.54) is 5.56 Å². The second-order valence-electron chi connectivity index (χ2n) is 10.2. The molecule has 1 aliphatic heterocycles. The second kappa shape index (κ2) is 12.9. The summed E-state index contributed by atoms with van der Waals surface area (Å²) >= 11 is 1.56. The minimum Gasteiger partial charge on any atom is -0.494 e. The van der Waals surface area contributed by atoms with Crippen molar-refractivity contribution in [3.05, 3.63) is 113 Å². The lowest BCUT2D eigenvalue weighted by Gasteiger charge is -2.28. The molecule has 0 bridgehead atoms. The molecule has 3 aromatic carbocycles. The molecule has 8 heteroatoms. The first-order valence-electron chi connectivity index (χ1n) is 13.5. The molecule has 40 heavy (non-hydrogen) atoms. The van der Waals surface area contributed by atoms with Crippen molar-refractivity contribution in [2.24, 2.45) is 5.92 Å². The molecule has 0 radical (unpaired) electrons. The van der Waals surface area contributed by atoms with Gasteiger partial charge in [0.2, 0.25) is 11.1 Å². The fraction of sp³-hybridized carbons (Fsp3) is 0.281. The number of allylic oxidation sites excluding steroid dienone is 1. The summed E-state index contributed by atoms with van der Waals surface area (Å²) in [4.78, 5) is 18.3. The van der Waals surface area contributed by atoms with Crippen molar-refractivity contribution >= 4 is 23.7 Å². The fourth-order valence-corrected chi connectivity index (χ4v) is 5.23. The topological polar surface area (TPSA) is 78.3 Å². The maximum Gasteiger partial charge on any atom is 0.338 e. The van der Waals surface area contributed by atoms with Crippen LogP contribution in [-0.2, 0) is 21.9 Å². The zero-order chi connectivity index (χ0) is 27.9. The van der Waals surface area contributed by atoms with Crippen molar-refractivity contribution in [2.75, 3.05) is 11.9 Å². The molecule has 0 aliphatic carbocycles. The van der Waals surface area contributed by atoms with Gasteiger partial charge in [0.1, 0.15) is 18.4 Å². The molecule has 0 saturated heterocycles. The molecule has 0 fully saturated rings. The van der Waals surface area contributed by atoms with E-state index < -0.39 is 12.0 Å². The Morgan fingerprint density at radius 1 is 0.975 bits per heavy atom. The van der Waals surface area contributed by atoms with Crippen LogP contribution >= 0.6 is 11.8 Å². The third kappa shape index (κ3) is 6.74. The highest BCUT2D eigenvalue weighted by Gasteiger charge is 2.35. The molecule has 1 N–H and O–H groups in total. The molecular formula is C32H34N4O3S. The Labute approximate surface area is 239 Å². The van der Waals surface area contributed by atoms with Crippen molar-refractivity contribution < 1.29 is 14.3 Å². The third-order valence-electron chi connectivity index (χ3n) is 6.64. The first kappa shape index (κ1) is 27.5. The number of anilines is 1. The van der Waals surface area contributed by atoms with Crippen molar-refractivity contribution in [1.29, 1.82) is 0 Å². The molecule has 1 aliphatic rings. The number of hydrogen-bond donors (Lipinski definition) is 1. The van der Waals surface area contributed by atoms with Crippen LogP contribution in [0.25, 0.3) is 0 Å². The van der Waals surface area contributed by atoms with Gasteiger partial charge in [-0.05, 0) is 48.1 Å². The average Bonchev–Trinajstić information content (AvgIpc) is 3.38. The highest BCUT2D eigenvalue weighted by molar-refractivity contribution is 7.98. The summed E-state index contributed by atoms with van der Waals surface area (Å²) in [5.74, 6) is 2.32. The van der Waals surface area contributed by atoms with E-state index in [1.54, 1.807) is 16.4 Å². The fourth-order valence-electron chi connectivity index (χ4n) is 4.45. The standard InChI is InChI=1S/C32H34N4O3S/c1-22(2)18-19-38-27-16-14-26(15-17-27)29-28(30(37)39-20-24-10-6-4-7-11-24)23(3)33-31-34-32(35-36(29)31)40-21-25-12-8-5-9-13-25/h4-17,22,29H,18-21H2,1-3H3,(H,33,34,35). The van der Waals surface area contributed by atoms with Crippen LogP contribution < -0.4 is 10.1 Å². The van der Waals surface area contributed by atoms with Crippen LogP contribution in [0.4, 0.5) is 5.95 Å². The number of esters is 1. The van der Waals surface area contributed by atoms with E-state index in [4.69, 9.17) is 19.6 Å². The lowest BCUT2D eigenvalue weighted by atomic mass is 9.95. The molecule has 0 amide bonds. The predicted molar refractivity (Wildman–Crippen MR) is 158 cm³/mol. The highest BCUT2D eigenvalue weighted by Crippen LogP contribution is 2.37. The van der Waals surface area contributed by atoms with E-state index >= 15 is 0 Å². The van der Waals surface area contributed by atoms with E-state index in [0.29, 0.717) is 34.9 Å². The van der Waals surface area contributed by atoms with Gasteiger partial charge in [-0.15, -0.1) is 5.10 Å². The minimum absolute atomic E-state index is 0.189. The number of hydrogen-bond acceptors (Lipinski definition) is 7. The molecule has 206 valence electrons. The number of rotatable bonds is 11. The van der Waals surface area contributed by atoms with E-state index in [0.717, 1.165) is 29.1 Å². The van der Waals surface area contributed by atoms with Crippen LogP contribution in [0.3, 0.4) is 0 Å². The Hall–Kier alpha value is -4.04. The molecule has 0 saturated carbocycles. The van der Waals surface area contributed by atoms with E-state index in [1.807, 2.05) is 79.7 Å². The SMILES string of the molecule is CC1=C(C(=O)OCc2ccccc2)C(c2ccc(OCCC(C)C)cc2)n2nc(SCc3ccccc3)nc2N1. The van der Waals surface area contributed by atoms with Gasteiger partial charge in [0.25, 0.3) is 0 Å². The summed E-state index contributed by atoms with van der Waals surface area (Å²) in [5.41, 5.74) is 4.21. The predicted octanol–water partition coefficient (Wildman–Crippen LogP) is 7.03. The van der Waals surface area contributed by atoms with Crippen LogP contribution in [-0.4, -0.2) is 27.3 Å². The minimum atomic E-state index is -0.497. The van der Waals surface area contributed by atoms with Crippen molar-refractivity contribution in [3.63, 3.8) is 0 Å². The molecule has 5 rings (SSSR count). The van der Waals surface area contributed by atoms with Gasteiger partial charge in [0.05, 0.1) is 12.2 Å². The number of fused-ring (bicyclic) bond motifs is 1. The van der Waals surface area contributed by atoms with Crippen LogP contribution in [0, 0.1) is 5.92 Å². The monoisotopic (exact) mass is 554 g/mol. The Bertz CT molecular complexity index is 1450. The summed E-state index contributed by atoms with van der Waals surface area (Å²) in [6.45, 7) is 7.09. The molecule has 1 unspecified atom stereocenters. The van der Waals surface area contributed by atoms with Gasteiger partial charge in [-0.25, -0.2) is 9.48 Å². The quantitative estimate of drug-likeness (QED) is 0.158. The smallest absolute Gasteiger partial charge is 0.338 e. The number of aromatic nitrogens is 3. The number of benzene rings is 3. The highest BCUT2D eigenvalue weighted by atomic mass is 32.2. The van der Waals surface area contributed by atoms with E-state index in [2.05, 4.69) is 31.3 Å². The number of carbonyl (C=O) groups excluding carboxylic acids is 1. The summed E-state index contributed by atoms with van der Waals surface area (Å²) in [6.07, 6.45) is 0.987. The van der Waals surface area contributed by atoms with Gasteiger partial charge in [0.15, 0.2) is 0 Å². The van der Waals surface area contributed by atoms with E-state index in [9.17, 15) is 4.79 Å². The Morgan fingerprint density at radius 2 is 1.65 bits per heavy atom. The maximum absolute atomic E-state index is 13.6. The molecule has 0 spiro atoms. The normalized spacial score (nSPS) is 14.6. The van der Waals surface area contributed by atoms with Crippen molar-refractivity contribution in [3.8, 4) is 5.75 Å². The second-order valence-corrected chi connectivity index (χ2v) is 11.1. The van der Waals surface area contributed by atoms with Crippen molar-refractivity contribution in [1.82, 2.24) is 14.8 Å². The van der Waals surface area contributed by atoms with Crippen LogP contribution in [0.2, 0.25) is 0 Å². The largest absolute Gasteiger partial charge is 0.494 e. The van der Waals surface area contributed by atoms with Crippen LogP contribution in [0.5, 0.6) is 5.75 Å². The number of carbonyl (C=O) groups is 1. The Balaban J connectivity index is 1.42. The van der Waals surface area contributed by atoms with Gasteiger partial charge in [-0.2, -0.15) is 4.98 Å². The summed E-state index contributed by atoms with van der Waals surface area (Å²) in [5, 5.41) is 8.76. The molecular weight excluding hydrogens is 520 g/mol. The molecule has 1 aromatic heterocycles. The zero-order valence-corrected chi connectivity index (χ0v) is 23.9. The Kier molecular flexibility index (Phi) is 8.86. The van der Waals surface area contributed by atoms with Gasteiger partial charge < -0.3 is 14.8 Å². The number of nitrogens with one attached hydrogen (secondary N) is 1. The summed E-state index contributed by atoms with van der Waals surface area (Å²) < 4.78 is 13.5. The van der Waals surface area contributed by atoms with Crippen LogP contribution in [0.1, 0.15) is 49.9 Å². The maximum atomic E-state index is 13.6. The summed E-state index contributed by atoms with van der Waals surface area (Å²) in [6, 6.07) is 27.3. The molecule has 1 atom stereocenters.